The monoisotopic (exact) mass is 306 g/mol. The number of hydrogen-bond acceptors (Lipinski definition) is 4. The Morgan fingerprint density at radius 1 is 1.48 bits per heavy atom. The molecule has 110 valence electrons. The second kappa shape index (κ2) is 5.13. The van der Waals surface area contributed by atoms with Crippen molar-refractivity contribution >= 4 is 28.6 Å². The third kappa shape index (κ3) is 2.30. The first-order chi connectivity index (χ1) is 9.99. The zero-order valence-corrected chi connectivity index (χ0v) is 12.4. The Bertz CT molecular complexity index is 687. The molecule has 3 rings (SSSR count). The van der Waals surface area contributed by atoms with E-state index in [0.29, 0.717) is 16.9 Å². The fraction of sp³-hybridized carbons (Fsp3) is 0.267. The largest absolute Gasteiger partial charge is 0.378 e. The van der Waals surface area contributed by atoms with Gasteiger partial charge in [0.2, 0.25) is 0 Å². The summed E-state index contributed by atoms with van der Waals surface area (Å²) >= 11 is 1.61. The van der Waals surface area contributed by atoms with E-state index in [9.17, 15) is 14.3 Å². The molecule has 0 radical (unpaired) electrons. The molecule has 0 spiro atoms. The minimum absolute atomic E-state index is 0.0135. The van der Waals surface area contributed by atoms with Crippen LogP contribution in [0.1, 0.15) is 29.5 Å². The highest BCUT2D eigenvalue weighted by molar-refractivity contribution is 7.10. The van der Waals surface area contributed by atoms with E-state index >= 15 is 0 Å². The van der Waals surface area contributed by atoms with Crippen LogP contribution in [0.15, 0.2) is 29.6 Å². The molecular formula is C15H15FN2O2S. The summed E-state index contributed by atoms with van der Waals surface area (Å²) in [6.07, 6.45) is -1.29. The van der Waals surface area contributed by atoms with Crippen LogP contribution < -0.4 is 10.2 Å². The Morgan fingerprint density at radius 3 is 2.90 bits per heavy atom. The van der Waals surface area contributed by atoms with Crippen molar-refractivity contribution in [3.63, 3.8) is 0 Å². The quantitative estimate of drug-likeness (QED) is 0.916. The summed E-state index contributed by atoms with van der Waals surface area (Å²) in [5.41, 5.74) is 1.15. The molecule has 2 aromatic rings. The molecule has 4 nitrogen and oxygen atoms in total. The first-order valence-electron chi connectivity index (χ1n) is 6.57. The molecule has 0 fully saturated rings. The molecule has 0 saturated carbocycles. The lowest BCUT2D eigenvalue weighted by atomic mass is 10.1. The number of rotatable bonds is 3. The maximum absolute atomic E-state index is 14.3. The van der Waals surface area contributed by atoms with Gasteiger partial charge in [0.1, 0.15) is 5.82 Å². The first-order valence-corrected chi connectivity index (χ1v) is 7.45. The average molecular weight is 306 g/mol. The minimum atomic E-state index is -1.29. The van der Waals surface area contributed by atoms with E-state index in [1.165, 1.54) is 6.07 Å². The molecule has 0 saturated heterocycles. The molecule has 1 aliphatic rings. The van der Waals surface area contributed by atoms with Crippen LogP contribution in [0.25, 0.3) is 0 Å². The van der Waals surface area contributed by atoms with Gasteiger partial charge in [-0.15, -0.1) is 11.3 Å². The number of halogens is 1. The van der Waals surface area contributed by atoms with Gasteiger partial charge in [0.25, 0.3) is 5.91 Å². The normalized spacial score (nSPS) is 18.3. The van der Waals surface area contributed by atoms with Crippen LogP contribution in [0.2, 0.25) is 0 Å². The number of nitrogens with one attached hydrogen (secondary N) is 1. The number of anilines is 2. The van der Waals surface area contributed by atoms with E-state index in [1.54, 1.807) is 17.4 Å². The lowest BCUT2D eigenvalue weighted by Gasteiger charge is -2.27. The van der Waals surface area contributed by atoms with Gasteiger partial charge in [-0.05, 0) is 30.5 Å². The number of carbonyl (C=O) groups is 1. The van der Waals surface area contributed by atoms with Crippen LogP contribution in [0, 0.1) is 5.82 Å². The van der Waals surface area contributed by atoms with E-state index in [4.69, 9.17) is 0 Å². The van der Waals surface area contributed by atoms with E-state index in [1.807, 2.05) is 36.4 Å². The number of carbonyl (C=O) groups excluding carboxylic acids is 1. The van der Waals surface area contributed by atoms with Gasteiger partial charge in [0, 0.05) is 23.2 Å². The summed E-state index contributed by atoms with van der Waals surface area (Å²) in [7, 11) is 1.81. The Labute approximate surface area is 125 Å². The highest BCUT2D eigenvalue weighted by atomic mass is 32.1. The van der Waals surface area contributed by atoms with Crippen LogP contribution in [0.5, 0.6) is 0 Å². The average Bonchev–Trinajstić information content (AvgIpc) is 3.08. The standard InChI is InChI=1S/C15H15FN2O2S/c1-8(13-4-3-5-21-13)18(2)12-7-11-9(6-10(12)16)14(19)15(20)17-11/h3-8,14,19H,1-2H3,(H,17,20). The van der Waals surface area contributed by atoms with Crippen LogP contribution in [-0.4, -0.2) is 18.1 Å². The number of aliphatic hydroxyl groups is 1. The molecule has 1 amide bonds. The van der Waals surface area contributed by atoms with Gasteiger partial charge in [-0.25, -0.2) is 4.39 Å². The summed E-state index contributed by atoms with van der Waals surface area (Å²) in [5.74, 6) is -0.967. The van der Waals surface area contributed by atoms with Crippen LogP contribution >= 0.6 is 11.3 Å². The molecule has 2 atom stereocenters. The predicted octanol–water partition coefficient (Wildman–Crippen LogP) is 3.07. The van der Waals surface area contributed by atoms with Gasteiger partial charge < -0.3 is 15.3 Å². The van der Waals surface area contributed by atoms with Crippen molar-refractivity contribution in [2.45, 2.75) is 19.1 Å². The molecule has 1 aromatic heterocycles. The number of benzene rings is 1. The zero-order valence-electron chi connectivity index (χ0n) is 11.6. The van der Waals surface area contributed by atoms with E-state index in [0.717, 1.165) is 4.88 Å². The molecular weight excluding hydrogens is 291 g/mol. The summed E-state index contributed by atoms with van der Waals surface area (Å²) in [6.45, 7) is 1.99. The number of amides is 1. The number of aliphatic hydroxyl groups excluding tert-OH is 1. The van der Waals surface area contributed by atoms with Gasteiger partial charge >= 0.3 is 0 Å². The van der Waals surface area contributed by atoms with E-state index in [-0.39, 0.29) is 6.04 Å². The van der Waals surface area contributed by atoms with Gasteiger partial charge in [-0.2, -0.15) is 0 Å². The third-order valence-corrected chi connectivity index (χ3v) is 4.88. The topological polar surface area (TPSA) is 52.6 Å². The fourth-order valence-corrected chi connectivity index (χ4v) is 3.28. The Kier molecular flexibility index (Phi) is 3.43. The molecule has 0 bridgehead atoms. The first kappa shape index (κ1) is 14.0. The lowest BCUT2D eigenvalue weighted by molar-refractivity contribution is -0.123. The lowest BCUT2D eigenvalue weighted by Crippen LogP contribution is -2.22. The van der Waals surface area contributed by atoms with Crippen molar-refractivity contribution in [1.82, 2.24) is 0 Å². The van der Waals surface area contributed by atoms with Gasteiger partial charge in [0.05, 0.1) is 11.7 Å². The fourth-order valence-electron chi connectivity index (χ4n) is 2.45. The highest BCUT2D eigenvalue weighted by Crippen LogP contribution is 2.38. The summed E-state index contributed by atoms with van der Waals surface area (Å²) in [5, 5.41) is 14.2. The molecule has 6 heteroatoms. The minimum Gasteiger partial charge on any atom is -0.378 e. The summed E-state index contributed by atoms with van der Waals surface area (Å²) in [6, 6.07) is 6.77. The van der Waals surface area contributed by atoms with Crippen molar-refractivity contribution in [3.8, 4) is 0 Å². The van der Waals surface area contributed by atoms with Crippen molar-refractivity contribution in [3.05, 3.63) is 45.9 Å². The van der Waals surface area contributed by atoms with Gasteiger partial charge in [-0.3, -0.25) is 4.79 Å². The molecule has 2 N–H and O–H groups in total. The van der Waals surface area contributed by atoms with Crippen molar-refractivity contribution in [1.29, 1.82) is 0 Å². The van der Waals surface area contributed by atoms with Crippen LogP contribution in [0.3, 0.4) is 0 Å². The molecule has 1 aliphatic heterocycles. The number of fused-ring (bicyclic) bond motifs is 1. The highest BCUT2D eigenvalue weighted by Gasteiger charge is 2.31. The molecule has 2 unspecified atom stereocenters. The third-order valence-electron chi connectivity index (χ3n) is 3.84. The van der Waals surface area contributed by atoms with Gasteiger partial charge in [-0.1, -0.05) is 6.07 Å². The summed E-state index contributed by atoms with van der Waals surface area (Å²) < 4.78 is 14.3. The zero-order chi connectivity index (χ0) is 15.1. The number of hydrogen-bond donors (Lipinski definition) is 2. The smallest absolute Gasteiger partial charge is 0.257 e. The van der Waals surface area contributed by atoms with Crippen LogP contribution in [-0.2, 0) is 4.79 Å². The van der Waals surface area contributed by atoms with Crippen molar-refractivity contribution in [2.75, 3.05) is 17.3 Å². The number of thiophene rings is 1. The second-order valence-corrected chi connectivity index (χ2v) is 6.06. The second-order valence-electron chi connectivity index (χ2n) is 5.08. The number of nitrogens with zero attached hydrogens (tertiary/aromatic N) is 1. The van der Waals surface area contributed by atoms with Crippen molar-refractivity contribution in [2.24, 2.45) is 0 Å². The molecule has 2 heterocycles. The van der Waals surface area contributed by atoms with Crippen molar-refractivity contribution < 1.29 is 14.3 Å². The van der Waals surface area contributed by atoms with E-state index in [2.05, 4.69) is 5.32 Å². The Hall–Kier alpha value is -1.92. The molecule has 1 aromatic carbocycles. The van der Waals surface area contributed by atoms with Crippen LogP contribution in [0.4, 0.5) is 15.8 Å². The predicted molar refractivity (Wildman–Crippen MR) is 81.1 cm³/mol. The Morgan fingerprint density at radius 2 is 2.24 bits per heavy atom. The molecule has 0 aliphatic carbocycles. The van der Waals surface area contributed by atoms with E-state index < -0.39 is 17.8 Å². The van der Waals surface area contributed by atoms with Gasteiger partial charge in [0.15, 0.2) is 6.10 Å². The Balaban J connectivity index is 1.97. The maximum atomic E-state index is 14.3. The SMILES string of the molecule is CC(c1cccs1)N(C)c1cc2c(cc1F)C(O)C(=O)N2. The molecule has 21 heavy (non-hydrogen) atoms. The summed E-state index contributed by atoms with van der Waals surface area (Å²) in [4.78, 5) is 14.4. The maximum Gasteiger partial charge on any atom is 0.257 e.